The summed E-state index contributed by atoms with van der Waals surface area (Å²) in [6, 6.07) is 2.27. The van der Waals surface area contributed by atoms with Crippen LogP contribution in [0.4, 0.5) is 5.82 Å². The fourth-order valence-corrected chi connectivity index (χ4v) is 2.42. The largest absolute Gasteiger partial charge is 0.354 e. The van der Waals surface area contributed by atoms with Crippen LogP contribution in [0.5, 0.6) is 0 Å². The number of aromatic nitrogens is 2. The number of rotatable bonds is 3. The van der Waals surface area contributed by atoms with Gasteiger partial charge in [0.05, 0.1) is 10.2 Å². The number of hydrogen-bond donors (Lipinski definition) is 0. The van der Waals surface area contributed by atoms with Gasteiger partial charge in [0, 0.05) is 19.0 Å². The van der Waals surface area contributed by atoms with Crippen molar-refractivity contribution >= 4 is 39.0 Å². The maximum Gasteiger partial charge on any atom is 0.150 e. The quantitative estimate of drug-likeness (QED) is 0.774. The van der Waals surface area contributed by atoms with Gasteiger partial charge >= 0.3 is 0 Å². The van der Waals surface area contributed by atoms with Gasteiger partial charge in [-0.1, -0.05) is 0 Å². The molecule has 2 rings (SSSR count). The summed E-state index contributed by atoms with van der Waals surface area (Å²) in [5.74, 6) is 1.55. The Labute approximate surface area is 97.7 Å². The highest BCUT2D eigenvalue weighted by molar-refractivity contribution is 7.17. The van der Waals surface area contributed by atoms with Crippen molar-refractivity contribution in [2.45, 2.75) is 13.0 Å². The van der Waals surface area contributed by atoms with Crippen LogP contribution in [0.15, 0.2) is 17.8 Å². The molecule has 1 unspecified atom stereocenters. The normalized spacial score (nSPS) is 13.0. The Kier molecular flexibility index (Phi) is 3.07. The average molecular weight is 242 g/mol. The summed E-state index contributed by atoms with van der Waals surface area (Å²) in [6.07, 6.45) is 1.60. The fraction of sp³-hybridized carbons (Fsp3) is 0.400. The molecule has 80 valence electrons. The molecule has 5 heteroatoms. The lowest BCUT2D eigenvalue weighted by Gasteiger charge is -2.24. The van der Waals surface area contributed by atoms with E-state index in [1.54, 1.807) is 17.7 Å². The number of anilines is 1. The standard InChI is InChI=1S/C10H12ClN3S/c1-7(5-11)14(2)10-9-8(3-4-15-9)12-6-13-10/h3-4,6-7H,5H2,1-2H3. The number of fused-ring (bicyclic) bond motifs is 1. The van der Waals surface area contributed by atoms with Gasteiger partial charge in [-0.2, -0.15) is 0 Å². The lowest BCUT2D eigenvalue weighted by Crippen LogP contribution is -2.30. The Morgan fingerprint density at radius 1 is 1.53 bits per heavy atom. The second kappa shape index (κ2) is 4.33. The Hall–Kier alpha value is -0.870. The predicted octanol–water partition coefficient (Wildman–Crippen LogP) is 2.75. The first-order valence-corrected chi connectivity index (χ1v) is 6.12. The highest BCUT2D eigenvalue weighted by Crippen LogP contribution is 2.28. The van der Waals surface area contributed by atoms with Crippen molar-refractivity contribution < 1.29 is 0 Å². The summed E-state index contributed by atoms with van der Waals surface area (Å²) in [6.45, 7) is 2.08. The first-order chi connectivity index (χ1) is 7.24. The van der Waals surface area contributed by atoms with E-state index in [0.29, 0.717) is 5.88 Å². The predicted molar refractivity (Wildman–Crippen MR) is 66.0 cm³/mol. The molecule has 0 N–H and O–H groups in total. The summed E-state index contributed by atoms with van der Waals surface area (Å²) in [7, 11) is 2.01. The molecule has 0 amide bonds. The lowest BCUT2D eigenvalue weighted by molar-refractivity contribution is 0.752. The smallest absolute Gasteiger partial charge is 0.150 e. The van der Waals surface area contributed by atoms with E-state index in [0.717, 1.165) is 16.0 Å². The highest BCUT2D eigenvalue weighted by atomic mass is 35.5. The average Bonchev–Trinajstić information content (AvgIpc) is 2.74. The molecule has 2 heterocycles. The van der Waals surface area contributed by atoms with Gasteiger partial charge in [0.25, 0.3) is 0 Å². The maximum atomic E-state index is 5.84. The second-order valence-electron chi connectivity index (χ2n) is 3.45. The van der Waals surface area contributed by atoms with Gasteiger partial charge in [-0.05, 0) is 18.4 Å². The number of nitrogens with zero attached hydrogens (tertiary/aromatic N) is 3. The molecular weight excluding hydrogens is 230 g/mol. The van der Waals surface area contributed by atoms with Crippen LogP contribution in [0.1, 0.15) is 6.92 Å². The van der Waals surface area contributed by atoms with Crippen molar-refractivity contribution in [3.05, 3.63) is 17.8 Å². The van der Waals surface area contributed by atoms with Crippen LogP contribution in [-0.4, -0.2) is 28.9 Å². The summed E-state index contributed by atoms with van der Waals surface area (Å²) >= 11 is 7.50. The van der Waals surface area contributed by atoms with Gasteiger partial charge < -0.3 is 4.90 Å². The van der Waals surface area contributed by atoms with Gasteiger partial charge in [-0.25, -0.2) is 9.97 Å². The number of hydrogen-bond acceptors (Lipinski definition) is 4. The Bertz CT molecular complexity index is 457. The molecule has 0 fully saturated rings. The molecule has 2 aromatic heterocycles. The Morgan fingerprint density at radius 2 is 2.33 bits per heavy atom. The minimum atomic E-state index is 0.270. The number of halogens is 1. The van der Waals surface area contributed by atoms with Crippen molar-refractivity contribution in [3.8, 4) is 0 Å². The van der Waals surface area contributed by atoms with E-state index in [9.17, 15) is 0 Å². The molecule has 0 bridgehead atoms. The van der Waals surface area contributed by atoms with Crippen molar-refractivity contribution in [1.82, 2.24) is 9.97 Å². The Balaban J connectivity index is 2.46. The van der Waals surface area contributed by atoms with E-state index in [4.69, 9.17) is 11.6 Å². The summed E-state index contributed by atoms with van der Waals surface area (Å²) in [5, 5.41) is 2.03. The van der Waals surface area contributed by atoms with E-state index in [-0.39, 0.29) is 6.04 Å². The van der Waals surface area contributed by atoms with Gasteiger partial charge in [-0.15, -0.1) is 22.9 Å². The molecule has 1 atom stereocenters. The SMILES string of the molecule is CC(CCl)N(C)c1ncnc2ccsc12. The molecule has 0 radical (unpaired) electrons. The number of alkyl halides is 1. The van der Waals surface area contributed by atoms with Gasteiger partial charge in [0.15, 0.2) is 0 Å². The molecule has 15 heavy (non-hydrogen) atoms. The van der Waals surface area contributed by atoms with Gasteiger partial charge in [0.2, 0.25) is 0 Å². The minimum absolute atomic E-state index is 0.270. The van der Waals surface area contributed by atoms with E-state index in [1.165, 1.54) is 0 Å². The second-order valence-corrected chi connectivity index (χ2v) is 4.67. The van der Waals surface area contributed by atoms with Crippen molar-refractivity contribution in [2.24, 2.45) is 0 Å². The van der Waals surface area contributed by atoms with E-state index >= 15 is 0 Å². The molecule has 2 aromatic rings. The van der Waals surface area contributed by atoms with Gasteiger partial charge in [-0.3, -0.25) is 0 Å². The third kappa shape index (κ3) is 1.92. The third-order valence-corrected chi connectivity index (χ3v) is 3.79. The zero-order valence-electron chi connectivity index (χ0n) is 8.64. The van der Waals surface area contributed by atoms with Crippen LogP contribution in [0.25, 0.3) is 10.2 Å². The minimum Gasteiger partial charge on any atom is -0.354 e. The molecule has 0 spiro atoms. The molecule has 0 aliphatic rings. The first kappa shape index (κ1) is 10.6. The maximum absolute atomic E-state index is 5.84. The van der Waals surface area contributed by atoms with Crippen molar-refractivity contribution in [1.29, 1.82) is 0 Å². The molecule has 0 aliphatic carbocycles. The molecule has 0 aliphatic heterocycles. The first-order valence-electron chi connectivity index (χ1n) is 4.71. The summed E-state index contributed by atoms with van der Waals surface area (Å²) < 4.78 is 1.12. The summed E-state index contributed by atoms with van der Waals surface area (Å²) in [5.41, 5.74) is 0.999. The monoisotopic (exact) mass is 241 g/mol. The molecule has 3 nitrogen and oxygen atoms in total. The van der Waals surface area contributed by atoms with Crippen molar-refractivity contribution in [2.75, 3.05) is 17.8 Å². The van der Waals surface area contributed by atoms with Crippen LogP contribution < -0.4 is 4.90 Å². The van der Waals surface area contributed by atoms with Gasteiger partial charge in [0.1, 0.15) is 12.1 Å². The zero-order valence-corrected chi connectivity index (χ0v) is 10.2. The molecular formula is C10H12ClN3S. The van der Waals surface area contributed by atoms with Crippen LogP contribution in [-0.2, 0) is 0 Å². The summed E-state index contributed by atoms with van der Waals surface area (Å²) in [4.78, 5) is 10.6. The topological polar surface area (TPSA) is 29.0 Å². The fourth-order valence-electron chi connectivity index (χ4n) is 1.34. The zero-order chi connectivity index (χ0) is 10.8. The molecule has 0 saturated carbocycles. The molecule has 0 saturated heterocycles. The van der Waals surface area contributed by atoms with Crippen LogP contribution >= 0.6 is 22.9 Å². The van der Waals surface area contributed by atoms with Crippen LogP contribution in [0, 0.1) is 0 Å². The van der Waals surface area contributed by atoms with E-state index in [2.05, 4.69) is 21.8 Å². The van der Waals surface area contributed by atoms with E-state index < -0.39 is 0 Å². The van der Waals surface area contributed by atoms with Crippen LogP contribution in [0.2, 0.25) is 0 Å². The highest BCUT2D eigenvalue weighted by Gasteiger charge is 2.14. The third-order valence-electron chi connectivity index (χ3n) is 2.44. The number of thiophene rings is 1. The lowest BCUT2D eigenvalue weighted by atomic mass is 10.3. The molecule has 0 aromatic carbocycles. The Morgan fingerprint density at radius 3 is 3.07 bits per heavy atom. The van der Waals surface area contributed by atoms with Crippen molar-refractivity contribution in [3.63, 3.8) is 0 Å². The van der Waals surface area contributed by atoms with E-state index in [1.807, 2.05) is 18.5 Å². The van der Waals surface area contributed by atoms with Crippen LogP contribution in [0.3, 0.4) is 0 Å².